The van der Waals surface area contributed by atoms with Gasteiger partial charge >= 0.3 is 0 Å². The van der Waals surface area contributed by atoms with E-state index >= 15 is 0 Å². The zero-order valence-electron chi connectivity index (χ0n) is 16.2. The van der Waals surface area contributed by atoms with Crippen molar-refractivity contribution in [2.45, 2.75) is 63.6 Å². The highest BCUT2D eigenvalue weighted by Gasteiger charge is 2.53. The molecule has 2 aliphatic heterocycles. The molecular weight excluding hydrogens is 328 g/mol. The van der Waals surface area contributed by atoms with Crippen molar-refractivity contribution in [2.75, 3.05) is 27.3 Å². The van der Waals surface area contributed by atoms with Gasteiger partial charge in [-0.2, -0.15) is 0 Å². The monoisotopic (exact) mass is 358 g/mol. The number of hydrogen-bond acceptors (Lipinski definition) is 4. The number of piperidine rings is 1. The minimum absolute atomic E-state index is 0.292. The van der Waals surface area contributed by atoms with Gasteiger partial charge in [0, 0.05) is 30.3 Å². The van der Waals surface area contributed by atoms with Gasteiger partial charge in [-0.05, 0) is 58.1 Å². The Kier molecular flexibility index (Phi) is 4.59. The molecule has 2 heterocycles. The fourth-order valence-corrected chi connectivity index (χ4v) is 5.01. The van der Waals surface area contributed by atoms with E-state index in [1.807, 2.05) is 13.0 Å². The summed E-state index contributed by atoms with van der Waals surface area (Å²) < 4.78 is 11.1. The second-order valence-electron chi connectivity index (χ2n) is 7.98. The lowest BCUT2D eigenvalue weighted by atomic mass is 9.85. The number of rotatable bonds is 5. The molecule has 1 unspecified atom stereocenters. The van der Waals surface area contributed by atoms with Gasteiger partial charge in [0.2, 0.25) is 5.91 Å². The predicted molar refractivity (Wildman–Crippen MR) is 101 cm³/mol. The van der Waals surface area contributed by atoms with Crippen molar-refractivity contribution in [3.05, 3.63) is 23.3 Å². The molecule has 4 rings (SSSR count). The van der Waals surface area contributed by atoms with Crippen LogP contribution >= 0.6 is 0 Å². The minimum Gasteiger partial charge on any atom is -0.496 e. The lowest BCUT2D eigenvalue weighted by Gasteiger charge is -2.45. The standard InChI is InChI=1S/C21H30N2O3/c1-15-18(25-2)9-6-16(19(15)26-3)14-22-12-4-10-21(22)11-5-13-23(20(21)24)17-7-8-17/h6,9,17H,4-5,7-8,10-14H2,1-3H3. The van der Waals surface area contributed by atoms with Gasteiger partial charge in [0.05, 0.1) is 14.2 Å². The zero-order chi connectivity index (χ0) is 18.3. The third-order valence-corrected chi connectivity index (χ3v) is 6.48. The first-order valence-corrected chi connectivity index (χ1v) is 9.87. The van der Waals surface area contributed by atoms with E-state index in [2.05, 4.69) is 15.9 Å². The molecule has 5 nitrogen and oxygen atoms in total. The molecule has 1 amide bonds. The molecule has 1 atom stereocenters. The average Bonchev–Trinajstić information content (AvgIpc) is 3.41. The Hall–Kier alpha value is -1.75. The fraction of sp³-hybridized carbons (Fsp3) is 0.667. The molecule has 0 N–H and O–H groups in total. The third kappa shape index (κ3) is 2.77. The first-order valence-electron chi connectivity index (χ1n) is 9.87. The largest absolute Gasteiger partial charge is 0.496 e. The number of nitrogens with zero attached hydrogens (tertiary/aromatic N) is 2. The minimum atomic E-state index is -0.292. The molecule has 1 aromatic rings. The van der Waals surface area contributed by atoms with Crippen molar-refractivity contribution in [3.63, 3.8) is 0 Å². The molecule has 26 heavy (non-hydrogen) atoms. The maximum atomic E-state index is 13.4. The summed E-state index contributed by atoms with van der Waals surface area (Å²) >= 11 is 0. The first-order chi connectivity index (χ1) is 12.6. The van der Waals surface area contributed by atoms with Crippen LogP contribution in [0.2, 0.25) is 0 Å². The van der Waals surface area contributed by atoms with Crippen LogP contribution in [0.4, 0.5) is 0 Å². The molecule has 2 saturated heterocycles. The van der Waals surface area contributed by atoms with Crippen molar-refractivity contribution in [1.29, 1.82) is 0 Å². The fourth-order valence-electron chi connectivity index (χ4n) is 5.01. The quantitative estimate of drug-likeness (QED) is 0.811. The lowest BCUT2D eigenvalue weighted by molar-refractivity contribution is -0.148. The molecule has 0 radical (unpaired) electrons. The van der Waals surface area contributed by atoms with Crippen LogP contribution in [0.15, 0.2) is 12.1 Å². The number of ether oxygens (including phenoxy) is 2. The Labute approximate surface area is 156 Å². The Bertz CT molecular complexity index is 701. The third-order valence-electron chi connectivity index (χ3n) is 6.48. The van der Waals surface area contributed by atoms with Crippen LogP contribution in [0.5, 0.6) is 11.5 Å². The molecule has 0 aromatic heterocycles. The Morgan fingerprint density at radius 1 is 1.12 bits per heavy atom. The second-order valence-corrected chi connectivity index (χ2v) is 7.98. The Morgan fingerprint density at radius 2 is 1.85 bits per heavy atom. The predicted octanol–water partition coefficient (Wildman–Crippen LogP) is 3.13. The van der Waals surface area contributed by atoms with Crippen LogP contribution in [0.1, 0.15) is 49.7 Å². The molecule has 3 aliphatic rings. The molecule has 3 fully saturated rings. The highest BCUT2D eigenvalue weighted by molar-refractivity contribution is 5.88. The summed E-state index contributed by atoms with van der Waals surface area (Å²) in [5.41, 5.74) is 1.87. The van der Waals surface area contributed by atoms with Gasteiger partial charge in [0.15, 0.2) is 0 Å². The lowest BCUT2D eigenvalue weighted by Crippen LogP contribution is -2.60. The SMILES string of the molecule is COc1ccc(CN2CCCC23CCCN(C2CC2)C3=O)c(OC)c1C. The van der Waals surface area contributed by atoms with Crippen molar-refractivity contribution in [3.8, 4) is 11.5 Å². The number of hydrogen-bond donors (Lipinski definition) is 0. The van der Waals surface area contributed by atoms with E-state index in [9.17, 15) is 4.79 Å². The molecule has 1 aliphatic carbocycles. The summed E-state index contributed by atoms with van der Waals surface area (Å²) in [6, 6.07) is 4.61. The van der Waals surface area contributed by atoms with Gasteiger partial charge in [-0.1, -0.05) is 6.07 Å². The van der Waals surface area contributed by atoms with E-state index in [1.54, 1.807) is 14.2 Å². The summed E-state index contributed by atoms with van der Waals surface area (Å²) in [6.45, 7) is 4.72. The number of carbonyl (C=O) groups excluding carboxylic acids is 1. The van der Waals surface area contributed by atoms with Crippen LogP contribution in [0.25, 0.3) is 0 Å². The van der Waals surface area contributed by atoms with Gasteiger partial charge in [-0.3, -0.25) is 9.69 Å². The molecular formula is C21H30N2O3. The van der Waals surface area contributed by atoms with Gasteiger partial charge in [-0.25, -0.2) is 0 Å². The van der Waals surface area contributed by atoms with Crippen LogP contribution < -0.4 is 9.47 Å². The van der Waals surface area contributed by atoms with E-state index < -0.39 is 0 Å². The van der Waals surface area contributed by atoms with E-state index in [4.69, 9.17) is 9.47 Å². The molecule has 142 valence electrons. The highest BCUT2D eigenvalue weighted by atomic mass is 16.5. The van der Waals surface area contributed by atoms with E-state index in [0.717, 1.165) is 67.9 Å². The van der Waals surface area contributed by atoms with Gasteiger partial charge in [-0.15, -0.1) is 0 Å². The average molecular weight is 358 g/mol. The molecule has 1 spiro atoms. The van der Waals surface area contributed by atoms with Gasteiger partial charge < -0.3 is 14.4 Å². The maximum absolute atomic E-state index is 13.4. The van der Waals surface area contributed by atoms with Gasteiger partial charge in [0.1, 0.15) is 17.0 Å². The second kappa shape index (κ2) is 6.76. The summed E-state index contributed by atoms with van der Waals surface area (Å²) in [6.07, 6.45) is 6.58. The topological polar surface area (TPSA) is 42.0 Å². The van der Waals surface area contributed by atoms with Crippen molar-refractivity contribution in [2.24, 2.45) is 0 Å². The van der Waals surface area contributed by atoms with Crippen molar-refractivity contribution >= 4 is 5.91 Å². The van der Waals surface area contributed by atoms with Crippen molar-refractivity contribution in [1.82, 2.24) is 9.80 Å². The summed E-state index contributed by atoms with van der Waals surface area (Å²) in [5, 5.41) is 0. The Balaban J connectivity index is 1.61. The van der Waals surface area contributed by atoms with Crippen LogP contribution in [-0.2, 0) is 11.3 Å². The number of likely N-dealkylation sites (tertiary alicyclic amines) is 2. The zero-order valence-corrected chi connectivity index (χ0v) is 16.2. The van der Waals surface area contributed by atoms with Crippen LogP contribution in [0.3, 0.4) is 0 Å². The normalized spacial score (nSPS) is 26.6. The highest BCUT2D eigenvalue weighted by Crippen LogP contribution is 2.43. The summed E-state index contributed by atoms with van der Waals surface area (Å²) in [5.74, 6) is 2.11. The molecule has 0 bridgehead atoms. The van der Waals surface area contributed by atoms with Crippen molar-refractivity contribution < 1.29 is 14.3 Å². The van der Waals surface area contributed by atoms with Crippen LogP contribution in [-0.4, -0.2) is 54.6 Å². The van der Waals surface area contributed by atoms with E-state index in [-0.39, 0.29) is 5.54 Å². The maximum Gasteiger partial charge on any atom is 0.243 e. The number of amides is 1. The first kappa shape index (κ1) is 17.7. The van der Waals surface area contributed by atoms with E-state index in [0.29, 0.717) is 11.9 Å². The Morgan fingerprint density at radius 3 is 2.50 bits per heavy atom. The molecule has 1 saturated carbocycles. The van der Waals surface area contributed by atoms with Crippen LogP contribution in [0, 0.1) is 6.92 Å². The summed E-state index contributed by atoms with van der Waals surface area (Å²) in [7, 11) is 3.40. The number of benzene rings is 1. The molecule has 1 aromatic carbocycles. The number of carbonyl (C=O) groups is 1. The van der Waals surface area contributed by atoms with Gasteiger partial charge in [0.25, 0.3) is 0 Å². The molecule has 5 heteroatoms. The summed E-state index contributed by atoms with van der Waals surface area (Å²) in [4.78, 5) is 18.0. The smallest absolute Gasteiger partial charge is 0.243 e. The van der Waals surface area contributed by atoms with E-state index in [1.165, 1.54) is 12.8 Å². The number of methoxy groups -OCH3 is 2.